The standard InChI is InChI=1S/C48H34N2O/c49-42(31-34(33-16-5-2-6-17-33)27-26-32-14-3-1-4-15-32)35-28-29-46-41(30-35)48(39-21-9-12-25-45(39)51-46)38-20-8-11-24-44(38)50-43-23-10-7-18-36(43)37-19-13-22-40(48)47(37)50/h1-25,27-31H,26,49H2/b34-27+,42-31-. The number of aromatic nitrogens is 1. The van der Waals surface area contributed by atoms with Gasteiger partial charge < -0.3 is 15.0 Å². The number of ether oxygens (including phenoxy) is 1. The lowest BCUT2D eigenvalue weighted by Gasteiger charge is -2.45. The van der Waals surface area contributed by atoms with Crippen molar-refractivity contribution in [1.29, 1.82) is 0 Å². The Balaban J connectivity index is 1.23. The second-order valence-corrected chi connectivity index (χ2v) is 13.4. The predicted molar refractivity (Wildman–Crippen MR) is 209 cm³/mol. The summed E-state index contributed by atoms with van der Waals surface area (Å²) in [5.41, 5.74) is 19.9. The maximum atomic E-state index is 7.12. The van der Waals surface area contributed by atoms with Crippen LogP contribution in [0, 0.1) is 0 Å². The van der Waals surface area contributed by atoms with Crippen LogP contribution >= 0.6 is 0 Å². The van der Waals surface area contributed by atoms with Crippen molar-refractivity contribution < 1.29 is 4.74 Å². The molecular weight excluding hydrogens is 621 g/mol. The summed E-state index contributed by atoms with van der Waals surface area (Å²) < 4.78 is 9.22. The average molecular weight is 655 g/mol. The van der Waals surface area contributed by atoms with Crippen molar-refractivity contribution in [1.82, 2.24) is 4.57 Å². The Kier molecular flexibility index (Phi) is 6.62. The Morgan fingerprint density at radius 1 is 0.569 bits per heavy atom. The van der Waals surface area contributed by atoms with E-state index < -0.39 is 5.41 Å². The summed E-state index contributed by atoms with van der Waals surface area (Å²) in [4.78, 5) is 0. The first-order valence-electron chi connectivity index (χ1n) is 17.5. The van der Waals surface area contributed by atoms with Crippen LogP contribution in [-0.4, -0.2) is 4.57 Å². The molecule has 0 bridgehead atoms. The molecule has 1 aromatic heterocycles. The topological polar surface area (TPSA) is 40.2 Å². The Morgan fingerprint density at radius 3 is 2.10 bits per heavy atom. The minimum atomic E-state index is -0.646. The predicted octanol–water partition coefficient (Wildman–Crippen LogP) is 11.2. The van der Waals surface area contributed by atoms with Crippen molar-refractivity contribution in [3.8, 4) is 17.2 Å². The van der Waals surface area contributed by atoms with Gasteiger partial charge in [0.1, 0.15) is 11.5 Å². The van der Waals surface area contributed by atoms with E-state index in [1.807, 2.05) is 6.07 Å². The van der Waals surface area contributed by atoms with E-state index in [4.69, 9.17) is 10.5 Å². The fourth-order valence-corrected chi connectivity index (χ4v) is 8.49. The van der Waals surface area contributed by atoms with Crippen molar-refractivity contribution in [2.24, 2.45) is 5.73 Å². The summed E-state index contributed by atoms with van der Waals surface area (Å²) in [6.45, 7) is 0. The minimum absolute atomic E-state index is 0.646. The van der Waals surface area contributed by atoms with Gasteiger partial charge in [-0.3, -0.25) is 0 Å². The SMILES string of the molecule is N/C(=C\C(=C/Cc1ccccc1)c1ccccc1)c1ccc2c(c1)C1(c3ccccc3O2)c2ccccc2-n2c3ccccc3c3cccc1c32. The molecule has 0 aliphatic carbocycles. The highest BCUT2D eigenvalue weighted by molar-refractivity contribution is 6.12. The van der Waals surface area contributed by atoms with Gasteiger partial charge in [0.05, 0.1) is 22.1 Å². The number of rotatable bonds is 5. The number of nitrogens with zero attached hydrogens (tertiary/aromatic N) is 1. The summed E-state index contributed by atoms with van der Waals surface area (Å²) in [5, 5.41) is 2.49. The van der Waals surface area contributed by atoms with E-state index >= 15 is 0 Å². The van der Waals surface area contributed by atoms with Crippen LogP contribution in [0.4, 0.5) is 0 Å². The second-order valence-electron chi connectivity index (χ2n) is 13.4. The van der Waals surface area contributed by atoms with Gasteiger partial charge in [0.25, 0.3) is 0 Å². The molecule has 3 heterocycles. The average Bonchev–Trinajstić information content (AvgIpc) is 3.54. The normalized spacial score (nSPS) is 16.1. The fraction of sp³-hybridized carbons (Fsp3) is 0.0417. The van der Waals surface area contributed by atoms with Gasteiger partial charge in [-0.15, -0.1) is 0 Å². The number of fused-ring (bicyclic) bond motifs is 11. The molecular formula is C48H34N2O. The van der Waals surface area contributed by atoms with E-state index in [1.54, 1.807) is 0 Å². The summed E-state index contributed by atoms with van der Waals surface area (Å²) >= 11 is 0. The number of para-hydroxylation sites is 4. The van der Waals surface area contributed by atoms with Crippen LogP contribution in [0.15, 0.2) is 182 Å². The summed E-state index contributed by atoms with van der Waals surface area (Å²) in [6.07, 6.45) is 5.20. The molecule has 10 rings (SSSR count). The smallest absolute Gasteiger partial charge is 0.132 e. The van der Waals surface area contributed by atoms with Gasteiger partial charge in [-0.25, -0.2) is 0 Å². The van der Waals surface area contributed by atoms with Gasteiger partial charge >= 0.3 is 0 Å². The molecule has 7 aromatic carbocycles. The second kappa shape index (κ2) is 11.5. The Hall–Kier alpha value is -6.58. The molecule has 3 heteroatoms. The molecule has 1 unspecified atom stereocenters. The zero-order valence-corrected chi connectivity index (χ0v) is 28.0. The van der Waals surface area contributed by atoms with Crippen molar-refractivity contribution in [2.75, 3.05) is 0 Å². The molecule has 242 valence electrons. The van der Waals surface area contributed by atoms with Crippen LogP contribution in [0.5, 0.6) is 11.5 Å². The van der Waals surface area contributed by atoms with Crippen LogP contribution in [0.3, 0.4) is 0 Å². The van der Waals surface area contributed by atoms with E-state index in [1.165, 1.54) is 44.2 Å². The number of benzene rings is 7. The third kappa shape index (κ3) is 4.38. The van der Waals surface area contributed by atoms with Crippen LogP contribution in [0.1, 0.15) is 38.9 Å². The van der Waals surface area contributed by atoms with Crippen LogP contribution in [0.2, 0.25) is 0 Å². The highest BCUT2D eigenvalue weighted by Gasteiger charge is 2.50. The third-order valence-electron chi connectivity index (χ3n) is 10.7. The number of hydrogen-bond donors (Lipinski definition) is 1. The van der Waals surface area contributed by atoms with E-state index in [0.29, 0.717) is 5.70 Å². The van der Waals surface area contributed by atoms with Crippen LogP contribution < -0.4 is 10.5 Å². The summed E-state index contributed by atoms with van der Waals surface area (Å²) in [5.74, 6) is 1.71. The monoisotopic (exact) mass is 654 g/mol. The Labute approximate surface area is 297 Å². The van der Waals surface area contributed by atoms with Gasteiger partial charge in [-0.1, -0.05) is 140 Å². The fourth-order valence-electron chi connectivity index (χ4n) is 8.49. The molecule has 1 spiro atoms. The van der Waals surface area contributed by atoms with E-state index in [9.17, 15) is 0 Å². The van der Waals surface area contributed by atoms with E-state index in [-0.39, 0.29) is 0 Å². The quantitative estimate of drug-likeness (QED) is 0.188. The molecule has 3 nitrogen and oxygen atoms in total. The highest BCUT2D eigenvalue weighted by Crippen LogP contribution is 2.60. The zero-order chi connectivity index (χ0) is 33.9. The van der Waals surface area contributed by atoms with E-state index in [2.05, 4.69) is 181 Å². The van der Waals surface area contributed by atoms with Crippen molar-refractivity contribution in [2.45, 2.75) is 11.8 Å². The molecule has 0 radical (unpaired) electrons. The lowest BCUT2D eigenvalue weighted by Crippen LogP contribution is -2.37. The lowest BCUT2D eigenvalue weighted by molar-refractivity contribution is 0.434. The number of hydrogen-bond acceptors (Lipinski definition) is 2. The molecule has 0 amide bonds. The molecule has 2 N–H and O–H groups in total. The number of allylic oxidation sites excluding steroid dienone is 3. The molecule has 0 fully saturated rings. The molecule has 0 saturated carbocycles. The molecule has 2 aliphatic heterocycles. The Bertz CT molecular complexity index is 2700. The van der Waals surface area contributed by atoms with Crippen LogP contribution in [-0.2, 0) is 11.8 Å². The summed E-state index contributed by atoms with van der Waals surface area (Å²) in [7, 11) is 0. The Morgan fingerprint density at radius 2 is 1.24 bits per heavy atom. The zero-order valence-electron chi connectivity index (χ0n) is 28.0. The maximum absolute atomic E-state index is 7.12. The van der Waals surface area contributed by atoms with E-state index in [0.717, 1.165) is 45.7 Å². The van der Waals surface area contributed by atoms with Gasteiger partial charge in [0.2, 0.25) is 0 Å². The molecule has 8 aromatic rings. The molecule has 1 atom stereocenters. The minimum Gasteiger partial charge on any atom is -0.457 e. The van der Waals surface area contributed by atoms with Crippen LogP contribution in [0.25, 0.3) is 38.8 Å². The van der Waals surface area contributed by atoms with Crippen molar-refractivity contribution >= 4 is 33.1 Å². The first-order chi connectivity index (χ1) is 25.2. The molecule has 2 aliphatic rings. The largest absolute Gasteiger partial charge is 0.457 e. The number of nitrogens with two attached hydrogens (primary N) is 1. The summed E-state index contributed by atoms with van der Waals surface area (Å²) in [6, 6.07) is 60.4. The van der Waals surface area contributed by atoms with Gasteiger partial charge in [0, 0.05) is 27.6 Å². The first-order valence-corrected chi connectivity index (χ1v) is 17.5. The maximum Gasteiger partial charge on any atom is 0.132 e. The molecule has 0 saturated heterocycles. The lowest BCUT2D eigenvalue weighted by atomic mass is 9.61. The van der Waals surface area contributed by atoms with Crippen molar-refractivity contribution in [3.05, 3.63) is 221 Å². The molecule has 51 heavy (non-hydrogen) atoms. The van der Waals surface area contributed by atoms with Gasteiger partial charge in [0.15, 0.2) is 0 Å². The van der Waals surface area contributed by atoms with Gasteiger partial charge in [-0.05, 0) is 82.3 Å². The first kappa shape index (κ1) is 29.3. The van der Waals surface area contributed by atoms with Gasteiger partial charge in [-0.2, -0.15) is 0 Å². The third-order valence-corrected chi connectivity index (χ3v) is 10.7. The highest BCUT2D eigenvalue weighted by atomic mass is 16.5. The van der Waals surface area contributed by atoms with Crippen molar-refractivity contribution in [3.63, 3.8) is 0 Å².